The molecule has 0 saturated carbocycles. The molecule has 0 amide bonds. The molecule has 0 bridgehead atoms. The molecule has 0 aromatic heterocycles. The van der Waals surface area contributed by atoms with Crippen LogP contribution in [0.25, 0.3) is 0 Å². The zero-order valence-electron chi connectivity index (χ0n) is 15.5. The molecule has 1 N–H and O–H groups in total. The van der Waals surface area contributed by atoms with Gasteiger partial charge in [0.2, 0.25) is 0 Å². The van der Waals surface area contributed by atoms with E-state index in [1.807, 2.05) is 56.3 Å². The van der Waals surface area contributed by atoms with Crippen molar-refractivity contribution >= 4 is 5.97 Å². The third-order valence-corrected chi connectivity index (χ3v) is 4.69. The van der Waals surface area contributed by atoms with Gasteiger partial charge in [0.1, 0.15) is 12.1 Å². The summed E-state index contributed by atoms with van der Waals surface area (Å²) in [5, 5.41) is 3.30. The average Bonchev–Trinajstić information content (AvgIpc) is 2.67. The lowest BCUT2D eigenvalue weighted by atomic mass is 9.85. The summed E-state index contributed by atoms with van der Waals surface area (Å²) in [6.07, 6.45) is 0.489. The molecule has 0 fully saturated rings. The number of methoxy groups -OCH3 is 1. The van der Waals surface area contributed by atoms with Gasteiger partial charge in [-0.25, -0.2) is 0 Å². The molecule has 1 atom stereocenters. The maximum atomic E-state index is 12.4. The first kappa shape index (κ1) is 18.3. The molecule has 2 aromatic carbocycles. The van der Waals surface area contributed by atoms with Crippen LogP contribution in [0.15, 0.2) is 42.5 Å². The summed E-state index contributed by atoms with van der Waals surface area (Å²) in [5.41, 5.74) is 2.40. The number of ether oxygens (including phenoxy) is 3. The molecule has 0 aliphatic carbocycles. The van der Waals surface area contributed by atoms with E-state index in [1.165, 1.54) is 0 Å². The monoisotopic (exact) mass is 355 g/mol. The number of nitrogens with one attached hydrogen (secondary N) is 1. The largest absolute Gasteiger partial charge is 0.493 e. The summed E-state index contributed by atoms with van der Waals surface area (Å²) >= 11 is 0. The number of hydrogen-bond donors (Lipinski definition) is 1. The highest BCUT2D eigenvalue weighted by molar-refractivity contribution is 5.81. The van der Waals surface area contributed by atoms with Gasteiger partial charge >= 0.3 is 5.97 Å². The van der Waals surface area contributed by atoms with Gasteiger partial charge in [0.25, 0.3) is 0 Å². The molecule has 2 aromatic rings. The van der Waals surface area contributed by atoms with Crippen LogP contribution in [0.2, 0.25) is 0 Å². The Balaban J connectivity index is 1.91. The lowest BCUT2D eigenvalue weighted by Gasteiger charge is -2.35. The number of fused-ring (bicyclic) bond motifs is 1. The van der Waals surface area contributed by atoms with E-state index in [0.29, 0.717) is 37.7 Å². The molecule has 3 rings (SSSR count). The van der Waals surface area contributed by atoms with E-state index in [4.69, 9.17) is 14.2 Å². The second kappa shape index (κ2) is 7.79. The van der Waals surface area contributed by atoms with Crippen molar-refractivity contribution in [3.05, 3.63) is 59.2 Å². The van der Waals surface area contributed by atoms with Crippen LogP contribution in [-0.4, -0.2) is 25.2 Å². The molecular weight excluding hydrogens is 330 g/mol. The van der Waals surface area contributed by atoms with Crippen LogP contribution in [0, 0.1) is 0 Å². The summed E-state index contributed by atoms with van der Waals surface area (Å²) in [6, 6.07) is 13.9. The second-order valence-corrected chi connectivity index (χ2v) is 6.59. The maximum Gasteiger partial charge on any atom is 0.326 e. The number of hydrogen-bond acceptors (Lipinski definition) is 5. The van der Waals surface area contributed by atoms with Crippen LogP contribution in [-0.2, 0) is 29.1 Å². The van der Waals surface area contributed by atoms with Crippen molar-refractivity contribution in [2.45, 2.75) is 39.0 Å². The van der Waals surface area contributed by atoms with Crippen LogP contribution < -0.4 is 14.8 Å². The van der Waals surface area contributed by atoms with Gasteiger partial charge in [-0.2, -0.15) is 0 Å². The lowest BCUT2D eigenvalue weighted by Crippen LogP contribution is -2.54. The minimum Gasteiger partial charge on any atom is -0.493 e. The standard InChI is InChI=1S/C21H25NO4/c1-4-25-20(23)21(2)12-17-16(13-22-21)10-11-18(24-3)19(17)26-14-15-8-6-5-7-9-15/h5-11,22H,4,12-14H2,1-3H3. The summed E-state index contributed by atoms with van der Waals surface area (Å²) in [5.74, 6) is 1.13. The maximum absolute atomic E-state index is 12.4. The molecule has 26 heavy (non-hydrogen) atoms. The highest BCUT2D eigenvalue weighted by Gasteiger charge is 2.39. The Labute approximate surface area is 154 Å². The molecule has 1 unspecified atom stereocenters. The topological polar surface area (TPSA) is 56.8 Å². The van der Waals surface area contributed by atoms with Gasteiger partial charge in [-0.05, 0) is 31.0 Å². The number of rotatable bonds is 6. The molecule has 1 heterocycles. The van der Waals surface area contributed by atoms with E-state index in [2.05, 4.69) is 5.32 Å². The Morgan fingerprint density at radius 3 is 2.65 bits per heavy atom. The van der Waals surface area contributed by atoms with Gasteiger partial charge < -0.3 is 14.2 Å². The van der Waals surface area contributed by atoms with Gasteiger partial charge in [-0.3, -0.25) is 10.1 Å². The van der Waals surface area contributed by atoms with E-state index in [-0.39, 0.29) is 5.97 Å². The van der Waals surface area contributed by atoms with Gasteiger partial charge in [0, 0.05) is 18.5 Å². The highest BCUT2D eigenvalue weighted by Crippen LogP contribution is 2.39. The van der Waals surface area contributed by atoms with Gasteiger partial charge in [-0.15, -0.1) is 0 Å². The van der Waals surface area contributed by atoms with Crippen LogP contribution in [0.3, 0.4) is 0 Å². The van der Waals surface area contributed by atoms with Crippen molar-refractivity contribution in [3.8, 4) is 11.5 Å². The molecule has 138 valence electrons. The fourth-order valence-corrected chi connectivity index (χ4v) is 3.20. The minimum absolute atomic E-state index is 0.248. The molecule has 5 nitrogen and oxygen atoms in total. The van der Waals surface area contributed by atoms with Crippen LogP contribution >= 0.6 is 0 Å². The minimum atomic E-state index is -0.778. The van der Waals surface area contributed by atoms with Crippen molar-refractivity contribution in [1.82, 2.24) is 5.32 Å². The molecular formula is C21H25NO4. The number of carbonyl (C=O) groups is 1. The summed E-state index contributed by atoms with van der Waals surface area (Å²) in [7, 11) is 1.63. The van der Waals surface area contributed by atoms with E-state index < -0.39 is 5.54 Å². The van der Waals surface area contributed by atoms with Crippen molar-refractivity contribution in [3.63, 3.8) is 0 Å². The first-order chi connectivity index (χ1) is 12.6. The zero-order chi connectivity index (χ0) is 18.6. The Hall–Kier alpha value is -2.53. The van der Waals surface area contributed by atoms with Crippen LogP contribution in [0.4, 0.5) is 0 Å². The lowest BCUT2D eigenvalue weighted by molar-refractivity contribution is -0.150. The van der Waals surface area contributed by atoms with Crippen molar-refractivity contribution in [2.75, 3.05) is 13.7 Å². The quantitative estimate of drug-likeness (QED) is 0.806. The Kier molecular flexibility index (Phi) is 5.47. The van der Waals surface area contributed by atoms with Gasteiger partial charge in [0.05, 0.1) is 13.7 Å². The summed E-state index contributed by atoms with van der Waals surface area (Å²) in [6.45, 7) is 5.07. The average molecular weight is 355 g/mol. The molecule has 0 spiro atoms. The Morgan fingerprint density at radius 1 is 1.19 bits per heavy atom. The predicted octanol–water partition coefficient (Wildman–Crippen LogP) is 3.24. The Morgan fingerprint density at radius 2 is 1.96 bits per heavy atom. The van der Waals surface area contributed by atoms with E-state index in [1.54, 1.807) is 7.11 Å². The molecule has 1 aliphatic rings. The van der Waals surface area contributed by atoms with E-state index in [9.17, 15) is 4.79 Å². The SMILES string of the molecule is CCOC(=O)C1(C)Cc2c(ccc(OC)c2OCc2ccccc2)CN1. The summed E-state index contributed by atoms with van der Waals surface area (Å²) < 4.78 is 16.9. The van der Waals surface area contributed by atoms with Crippen molar-refractivity contribution in [1.29, 1.82) is 0 Å². The van der Waals surface area contributed by atoms with E-state index >= 15 is 0 Å². The molecule has 0 radical (unpaired) electrons. The van der Waals surface area contributed by atoms with Crippen LogP contribution in [0.1, 0.15) is 30.5 Å². The second-order valence-electron chi connectivity index (χ2n) is 6.59. The molecule has 1 aliphatic heterocycles. The first-order valence-corrected chi connectivity index (χ1v) is 8.85. The Bertz CT molecular complexity index is 775. The molecule has 5 heteroatoms. The number of carbonyl (C=O) groups excluding carboxylic acids is 1. The molecule has 0 saturated heterocycles. The van der Waals surface area contributed by atoms with Gasteiger partial charge in [-0.1, -0.05) is 36.4 Å². The third-order valence-electron chi connectivity index (χ3n) is 4.69. The predicted molar refractivity (Wildman–Crippen MR) is 99.3 cm³/mol. The smallest absolute Gasteiger partial charge is 0.326 e. The first-order valence-electron chi connectivity index (χ1n) is 8.85. The summed E-state index contributed by atoms with van der Waals surface area (Å²) in [4.78, 5) is 12.4. The normalized spacial score (nSPS) is 18.7. The fourth-order valence-electron chi connectivity index (χ4n) is 3.20. The van der Waals surface area contributed by atoms with Crippen molar-refractivity contribution in [2.24, 2.45) is 0 Å². The van der Waals surface area contributed by atoms with Gasteiger partial charge in [0.15, 0.2) is 11.5 Å². The third kappa shape index (κ3) is 3.68. The van der Waals surface area contributed by atoms with Crippen molar-refractivity contribution < 1.29 is 19.0 Å². The fraction of sp³-hybridized carbons (Fsp3) is 0.381. The zero-order valence-corrected chi connectivity index (χ0v) is 15.5. The number of esters is 1. The highest BCUT2D eigenvalue weighted by atomic mass is 16.5. The number of benzene rings is 2. The van der Waals surface area contributed by atoms with Crippen LogP contribution in [0.5, 0.6) is 11.5 Å². The van der Waals surface area contributed by atoms with E-state index in [0.717, 1.165) is 16.7 Å².